The minimum atomic E-state index is -4.48. The summed E-state index contributed by atoms with van der Waals surface area (Å²) < 4.78 is 45.8. The van der Waals surface area contributed by atoms with Crippen LogP contribution in [0.1, 0.15) is 15.9 Å². The second kappa shape index (κ2) is 7.48. The number of nitrogens with zero attached hydrogens (tertiary/aromatic N) is 1. The Morgan fingerprint density at radius 3 is 2.63 bits per heavy atom. The van der Waals surface area contributed by atoms with E-state index in [0.29, 0.717) is 5.52 Å². The van der Waals surface area contributed by atoms with Crippen molar-refractivity contribution in [3.05, 3.63) is 70.1 Å². The van der Waals surface area contributed by atoms with Crippen LogP contribution in [-0.2, 0) is 11.3 Å². The maximum absolute atomic E-state index is 12.1. The average molecular weight is 378 g/mol. The first-order chi connectivity index (χ1) is 12.8. The quantitative estimate of drug-likeness (QED) is 0.690. The number of alkyl halides is 3. The van der Waals surface area contributed by atoms with E-state index in [2.05, 4.69) is 14.7 Å². The van der Waals surface area contributed by atoms with Gasteiger partial charge in [0.2, 0.25) is 5.88 Å². The molecule has 0 aliphatic rings. The van der Waals surface area contributed by atoms with Crippen molar-refractivity contribution in [2.45, 2.75) is 12.8 Å². The first-order valence-electron chi connectivity index (χ1n) is 7.75. The van der Waals surface area contributed by atoms with Gasteiger partial charge in [-0.05, 0) is 23.6 Å². The van der Waals surface area contributed by atoms with Gasteiger partial charge < -0.3 is 14.5 Å². The number of para-hydroxylation sites is 1. The average Bonchev–Trinajstić information content (AvgIpc) is 2.64. The maximum atomic E-state index is 12.1. The molecule has 6 nitrogen and oxygen atoms in total. The molecule has 0 aliphatic heterocycles. The van der Waals surface area contributed by atoms with Gasteiger partial charge in [-0.1, -0.05) is 18.2 Å². The van der Waals surface area contributed by atoms with E-state index in [-0.39, 0.29) is 29.2 Å². The Labute approximate surface area is 150 Å². The van der Waals surface area contributed by atoms with E-state index in [9.17, 15) is 22.8 Å². The van der Waals surface area contributed by atoms with E-state index in [4.69, 9.17) is 4.74 Å². The lowest BCUT2D eigenvalue weighted by Crippen LogP contribution is -2.19. The fraction of sp³-hybridized carbons (Fsp3) is 0.167. The number of aromatic nitrogens is 2. The molecule has 1 aromatic carbocycles. The fourth-order valence-corrected chi connectivity index (χ4v) is 2.27. The minimum absolute atomic E-state index is 0.0200. The van der Waals surface area contributed by atoms with Gasteiger partial charge in [-0.2, -0.15) is 13.2 Å². The van der Waals surface area contributed by atoms with Crippen LogP contribution in [0.2, 0.25) is 0 Å². The Bertz CT molecular complexity index is 1010. The molecule has 0 saturated heterocycles. The van der Waals surface area contributed by atoms with Crippen LogP contribution in [0.15, 0.2) is 53.5 Å². The number of fused-ring (bicyclic) bond motifs is 1. The molecule has 0 saturated carbocycles. The summed E-state index contributed by atoms with van der Waals surface area (Å²) in [6.07, 6.45) is -3.44. The monoisotopic (exact) mass is 378 g/mol. The smallest absolute Gasteiger partial charge is 0.422 e. The number of nitrogens with one attached hydrogen (secondary N) is 1. The third-order valence-corrected chi connectivity index (χ3v) is 3.54. The molecule has 2 heterocycles. The summed E-state index contributed by atoms with van der Waals surface area (Å²) in [5.74, 6) is -1.03. The first kappa shape index (κ1) is 18.4. The van der Waals surface area contributed by atoms with Crippen LogP contribution < -0.4 is 10.3 Å². The second-order valence-electron chi connectivity index (χ2n) is 5.58. The molecule has 27 heavy (non-hydrogen) atoms. The van der Waals surface area contributed by atoms with Crippen molar-refractivity contribution in [3.8, 4) is 5.88 Å². The van der Waals surface area contributed by atoms with Crippen LogP contribution in [0.5, 0.6) is 5.88 Å². The molecule has 2 aromatic heterocycles. The molecule has 0 radical (unpaired) electrons. The number of halogens is 3. The van der Waals surface area contributed by atoms with E-state index in [1.54, 1.807) is 24.3 Å². The zero-order valence-corrected chi connectivity index (χ0v) is 13.7. The summed E-state index contributed by atoms with van der Waals surface area (Å²) in [6, 6.07) is 11.1. The number of ether oxygens (including phenoxy) is 2. The molecule has 140 valence electrons. The summed E-state index contributed by atoms with van der Waals surface area (Å²) in [4.78, 5) is 30.4. The molecule has 0 unspecified atom stereocenters. The molecule has 0 amide bonds. The number of hydrogen-bond donors (Lipinski definition) is 1. The lowest BCUT2D eigenvalue weighted by Gasteiger charge is -2.09. The second-order valence-corrected chi connectivity index (χ2v) is 5.58. The van der Waals surface area contributed by atoms with Crippen LogP contribution in [0.25, 0.3) is 10.9 Å². The standard InChI is InChI=1S/C18H13F3N2O4/c19-18(20,21)10-27-15-6-5-12(8-22-15)17(25)26-9-13-7-11-3-1-2-4-14(11)23-16(13)24/h1-8H,9-10H2,(H,23,24). The summed E-state index contributed by atoms with van der Waals surface area (Å²) in [5.41, 5.74) is 0.568. The van der Waals surface area contributed by atoms with Crippen LogP contribution >= 0.6 is 0 Å². The minimum Gasteiger partial charge on any atom is -0.468 e. The number of carbonyl (C=O) groups excluding carboxylic acids is 1. The molecule has 0 aliphatic carbocycles. The lowest BCUT2D eigenvalue weighted by atomic mass is 10.1. The lowest BCUT2D eigenvalue weighted by molar-refractivity contribution is -0.154. The first-order valence-corrected chi connectivity index (χ1v) is 7.75. The Morgan fingerprint density at radius 2 is 1.93 bits per heavy atom. The molecule has 9 heteroatoms. The zero-order chi connectivity index (χ0) is 19.4. The number of aromatic amines is 1. The molecule has 1 N–H and O–H groups in total. The number of carbonyl (C=O) groups is 1. The van der Waals surface area contributed by atoms with Crippen molar-refractivity contribution in [1.82, 2.24) is 9.97 Å². The van der Waals surface area contributed by atoms with Gasteiger partial charge >= 0.3 is 12.1 Å². The summed E-state index contributed by atoms with van der Waals surface area (Å²) >= 11 is 0. The molecule has 0 atom stereocenters. The zero-order valence-electron chi connectivity index (χ0n) is 13.7. The number of esters is 1. The SMILES string of the molecule is O=C(OCc1cc2ccccc2[nH]c1=O)c1ccc(OCC(F)(F)F)nc1. The van der Waals surface area contributed by atoms with Gasteiger partial charge in [-0.15, -0.1) is 0 Å². The highest BCUT2D eigenvalue weighted by Gasteiger charge is 2.28. The molecule has 0 bridgehead atoms. The number of H-pyrrole nitrogens is 1. The van der Waals surface area contributed by atoms with Crippen LogP contribution in [0.4, 0.5) is 13.2 Å². The summed E-state index contributed by atoms with van der Waals surface area (Å²) in [5, 5.41) is 0.788. The van der Waals surface area contributed by atoms with Gasteiger partial charge in [0, 0.05) is 17.8 Å². The number of benzene rings is 1. The predicted octanol–water partition coefficient (Wildman–Crippen LogP) is 3.22. The van der Waals surface area contributed by atoms with Crippen molar-refractivity contribution in [2.24, 2.45) is 0 Å². The van der Waals surface area contributed by atoms with Crippen molar-refractivity contribution in [1.29, 1.82) is 0 Å². The van der Waals surface area contributed by atoms with Crippen molar-refractivity contribution >= 4 is 16.9 Å². The highest BCUT2D eigenvalue weighted by atomic mass is 19.4. The topological polar surface area (TPSA) is 81.3 Å². The van der Waals surface area contributed by atoms with Gasteiger partial charge in [0.15, 0.2) is 6.61 Å². The number of rotatable bonds is 5. The maximum Gasteiger partial charge on any atom is 0.422 e. The van der Waals surface area contributed by atoms with E-state index in [1.165, 1.54) is 6.07 Å². The van der Waals surface area contributed by atoms with Crippen molar-refractivity contribution in [3.63, 3.8) is 0 Å². The Hall–Kier alpha value is -3.36. The largest absolute Gasteiger partial charge is 0.468 e. The predicted molar refractivity (Wildman–Crippen MR) is 89.5 cm³/mol. The van der Waals surface area contributed by atoms with E-state index < -0.39 is 18.8 Å². The number of hydrogen-bond acceptors (Lipinski definition) is 5. The molecular weight excluding hydrogens is 365 g/mol. The van der Waals surface area contributed by atoms with Gasteiger partial charge in [-0.3, -0.25) is 4.79 Å². The Kier molecular flexibility index (Phi) is 5.11. The summed E-state index contributed by atoms with van der Waals surface area (Å²) in [6.45, 7) is -1.74. The van der Waals surface area contributed by atoms with Gasteiger partial charge in [0.05, 0.1) is 11.1 Å². The van der Waals surface area contributed by atoms with E-state index in [1.807, 2.05) is 6.07 Å². The highest BCUT2D eigenvalue weighted by Crippen LogP contribution is 2.17. The van der Waals surface area contributed by atoms with Gasteiger partial charge in [0.1, 0.15) is 6.61 Å². The van der Waals surface area contributed by atoms with Gasteiger partial charge in [0.25, 0.3) is 5.56 Å². The van der Waals surface area contributed by atoms with Crippen LogP contribution in [0.3, 0.4) is 0 Å². The number of pyridine rings is 2. The molecule has 0 spiro atoms. The molecule has 3 aromatic rings. The van der Waals surface area contributed by atoms with Crippen LogP contribution in [0, 0.1) is 0 Å². The molecular formula is C18H13F3N2O4. The molecule has 0 fully saturated rings. The fourth-order valence-electron chi connectivity index (χ4n) is 2.27. The van der Waals surface area contributed by atoms with Crippen LogP contribution in [-0.4, -0.2) is 28.7 Å². The normalized spacial score (nSPS) is 11.4. The van der Waals surface area contributed by atoms with Crippen molar-refractivity contribution in [2.75, 3.05) is 6.61 Å². The Morgan fingerprint density at radius 1 is 1.15 bits per heavy atom. The van der Waals surface area contributed by atoms with E-state index >= 15 is 0 Å². The highest BCUT2D eigenvalue weighted by molar-refractivity contribution is 5.89. The summed E-state index contributed by atoms with van der Waals surface area (Å²) in [7, 11) is 0. The van der Waals surface area contributed by atoms with E-state index in [0.717, 1.165) is 17.6 Å². The van der Waals surface area contributed by atoms with Gasteiger partial charge in [-0.25, -0.2) is 9.78 Å². The third-order valence-electron chi connectivity index (χ3n) is 3.54. The van der Waals surface area contributed by atoms with Crippen molar-refractivity contribution < 1.29 is 27.4 Å². The molecule has 3 rings (SSSR count). The Balaban J connectivity index is 1.64. The third kappa shape index (κ3) is 4.84.